The molecule has 2 aromatic carbocycles. The lowest BCUT2D eigenvalue weighted by atomic mass is 9.96. The van der Waals surface area contributed by atoms with Crippen LogP contribution in [0.1, 0.15) is 24.8 Å². The van der Waals surface area contributed by atoms with Crippen LogP contribution in [0.3, 0.4) is 0 Å². The molecule has 1 N–H and O–H groups in total. The fourth-order valence-electron chi connectivity index (χ4n) is 4.54. The van der Waals surface area contributed by atoms with Crippen LogP contribution in [-0.4, -0.2) is 65.9 Å². The van der Waals surface area contributed by atoms with Crippen molar-refractivity contribution in [2.75, 3.05) is 44.6 Å². The Morgan fingerprint density at radius 1 is 0.806 bits per heavy atom. The van der Waals surface area contributed by atoms with E-state index in [1.54, 1.807) is 4.90 Å². The van der Waals surface area contributed by atoms with Crippen molar-refractivity contribution < 1.29 is 9.59 Å². The van der Waals surface area contributed by atoms with E-state index in [0.717, 1.165) is 57.7 Å². The van der Waals surface area contributed by atoms with Crippen LogP contribution in [0.25, 0.3) is 0 Å². The number of carbonyl (C=O) groups excluding carboxylic acids is 2. The topological polar surface area (TPSA) is 55.9 Å². The van der Waals surface area contributed by atoms with Crippen LogP contribution in [0.5, 0.6) is 0 Å². The van der Waals surface area contributed by atoms with Crippen LogP contribution in [0, 0.1) is 5.92 Å². The smallest absolute Gasteiger partial charge is 0.321 e. The first-order valence-corrected chi connectivity index (χ1v) is 11.3. The first-order valence-electron chi connectivity index (χ1n) is 11.3. The normalized spacial score (nSPS) is 20.2. The lowest BCUT2D eigenvalue weighted by Gasteiger charge is -2.34. The Balaban J connectivity index is 1.29. The predicted molar refractivity (Wildman–Crippen MR) is 123 cm³/mol. The number of amides is 3. The molecule has 6 heteroatoms. The molecule has 2 saturated heterocycles. The second kappa shape index (κ2) is 10.4. The van der Waals surface area contributed by atoms with Crippen LogP contribution >= 0.6 is 0 Å². The Labute approximate surface area is 184 Å². The zero-order chi connectivity index (χ0) is 21.5. The van der Waals surface area contributed by atoms with Gasteiger partial charge >= 0.3 is 6.03 Å². The zero-order valence-electron chi connectivity index (χ0n) is 18.1. The standard InChI is InChI=1S/C25H32N4O2/c30-24(28-16-8-14-27(17-18-28)19-21-9-3-1-4-10-21)22-11-7-15-29(20-22)25(31)26-23-12-5-2-6-13-23/h1-6,9-10,12-13,22H,7-8,11,14-20H2,(H,26,31). The number of nitrogens with zero attached hydrogens (tertiary/aromatic N) is 3. The minimum Gasteiger partial charge on any atom is -0.341 e. The fraction of sp³-hybridized carbons (Fsp3) is 0.440. The van der Waals surface area contributed by atoms with Crippen molar-refractivity contribution in [1.82, 2.24) is 14.7 Å². The molecular weight excluding hydrogens is 388 g/mol. The molecule has 2 aliphatic rings. The Morgan fingerprint density at radius 2 is 1.52 bits per heavy atom. The van der Waals surface area contributed by atoms with Gasteiger partial charge in [-0.25, -0.2) is 4.79 Å². The number of urea groups is 1. The molecule has 2 fully saturated rings. The number of rotatable bonds is 4. The summed E-state index contributed by atoms with van der Waals surface area (Å²) in [6.07, 6.45) is 2.72. The predicted octanol–water partition coefficient (Wildman–Crippen LogP) is 3.67. The van der Waals surface area contributed by atoms with Crippen molar-refractivity contribution in [3.63, 3.8) is 0 Å². The lowest BCUT2D eigenvalue weighted by Crippen LogP contribution is -2.48. The van der Waals surface area contributed by atoms with Gasteiger partial charge in [0.15, 0.2) is 0 Å². The van der Waals surface area contributed by atoms with E-state index in [-0.39, 0.29) is 17.9 Å². The van der Waals surface area contributed by atoms with E-state index in [9.17, 15) is 9.59 Å². The Hall–Kier alpha value is -2.86. The summed E-state index contributed by atoms with van der Waals surface area (Å²) in [5, 5.41) is 2.95. The van der Waals surface area contributed by atoms with Gasteiger partial charge in [-0.3, -0.25) is 9.69 Å². The van der Waals surface area contributed by atoms with Gasteiger partial charge < -0.3 is 15.1 Å². The second-order valence-electron chi connectivity index (χ2n) is 8.52. The third-order valence-electron chi connectivity index (χ3n) is 6.23. The first kappa shape index (κ1) is 21.4. The average Bonchev–Trinajstić information content (AvgIpc) is 3.05. The fourth-order valence-corrected chi connectivity index (χ4v) is 4.54. The van der Waals surface area contributed by atoms with Gasteiger partial charge in [0, 0.05) is 51.5 Å². The molecule has 31 heavy (non-hydrogen) atoms. The quantitative estimate of drug-likeness (QED) is 0.821. The maximum atomic E-state index is 13.2. The molecule has 6 nitrogen and oxygen atoms in total. The second-order valence-corrected chi connectivity index (χ2v) is 8.52. The van der Waals surface area contributed by atoms with Crippen molar-refractivity contribution in [2.45, 2.75) is 25.8 Å². The number of anilines is 1. The summed E-state index contributed by atoms with van der Waals surface area (Å²) in [5.41, 5.74) is 2.10. The highest BCUT2D eigenvalue weighted by molar-refractivity contribution is 5.90. The van der Waals surface area contributed by atoms with Crippen molar-refractivity contribution in [1.29, 1.82) is 0 Å². The minimum absolute atomic E-state index is 0.101. The van der Waals surface area contributed by atoms with Gasteiger partial charge in [0.05, 0.1) is 5.92 Å². The summed E-state index contributed by atoms with van der Waals surface area (Å²) < 4.78 is 0. The molecule has 0 aliphatic carbocycles. The molecule has 1 atom stereocenters. The highest BCUT2D eigenvalue weighted by atomic mass is 16.2. The van der Waals surface area contributed by atoms with Crippen molar-refractivity contribution in [3.8, 4) is 0 Å². The zero-order valence-corrected chi connectivity index (χ0v) is 18.1. The number of hydrogen-bond donors (Lipinski definition) is 1. The van der Waals surface area contributed by atoms with Crippen molar-refractivity contribution >= 4 is 17.6 Å². The van der Waals surface area contributed by atoms with Crippen LogP contribution in [-0.2, 0) is 11.3 Å². The monoisotopic (exact) mass is 420 g/mol. The third kappa shape index (κ3) is 5.85. The van der Waals surface area contributed by atoms with Gasteiger partial charge in [-0.1, -0.05) is 48.5 Å². The van der Waals surface area contributed by atoms with Crippen LogP contribution in [0.4, 0.5) is 10.5 Å². The van der Waals surface area contributed by atoms with Gasteiger partial charge in [0.25, 0.3) is 0 Å². The number of para-hydroxylation sites is 1. The molecule has 2 aromatic rings. The summed E-state index contributed by atoms with van der Waals surface area (Å²) in [5.74, 6) is 0.106. The summed E-state index contributed by atoms with van der Waals surface area (Å²) >= 11 is 0. The Morgan fingerprint density at radius 3 is 2.29 bits per heavy atom. The molecule has 0 spiro atoms. The van der Waals surface area contributed by atoms with E-state index >= 15 is 0 Å². The third-order valence-corrected chi connectivity index (χ3v) is 6.23. The van der Waals surface area contributed by atoms with Gasteiger partial charge in [0.1, 0.15) is 0 Å². The van der Waals surface area contributed by atoms with Gasteiger partial charge in [-0.2, -0.15) is 0 Å². The molecule has 0 bridgehead atoms. The average molecular weight is 421 g/mol. The lowest BCUT2D eigenvalue weighted by molar-refractivity contribution is -0.136. The van der Waals surface area contributed by atoms with Crippen LogP contribution < -0.4 is 5.32 Å². The molecule has 4 rings (SSSR count). The number of carbonyl (C=O) groups is 2. The Kier molecular flexibility index (Phi) is 7.20. The van der Waals surface area contributed by atoms with E-state index in [4.69, 9.17) is 0 Å². The van der Waals surface area contributed by atoms with E-state index in [1.807, 2.05) is 41.3 Å². The summed E-state index contributed by atoms with van der Waals surface area (Å²) in [4.78, 5) is 32.2. The molecule has 0 radical (unpaired) electrons. The SMILES string of the molecule is O=C(Nc1ccccc1)N1CCCC(C(=O)N2CCCN(Cc3ccccc3)CC2)C1. The van der Waals surface area contributed by atoms with Crippen LogP contribution in [0.2, 0.25) is 0 Å². The molecule has 3 amide bonds. The minimum atomic E-state index is -0.117. The maximum absolute atomic E-state index is 13.2. The van der Waals surface area contributed by atoms with Crippen molar-refractivity contribution in [2.24, 2.45) is 5.92 Å². The summed E-state index contributed by atoms with van der Waals surface area (Å²) in [6.45, 7) is 5.60. The highest BCUT2D eigenvalue weighted by Gasteiger charge is 2.32. The number of benzene rings is 2. The van der Waals surface area contributed by atoms with Gasteiger partial charge in [-0.15, -0.1) is 0 Å². The number of hydrogen-bond acceptors (Lipinski definition) is 3. The molecule has 1 unspecified atom stereocenters. The van der Waals surface area contributed by atoms with E-state index in [2.05, 4.69) is 34.5 Å². The first-order chi connectivity index (χ1) is 15.2. The highest BCUT2D eigenvalue weighted by Crippen LogP contribution is 2.21. The van der Waals surface area contributed by atoms with Crippen molar-refractivity contribution in [3.05, 3.63) is 66.2 Å². The molecule has 0 aromatic heterocycles. The maximum Gasteiger partial charge on any atom is 0.321 e. The molecular formula is C25H32N4O2. The summed E-state index contributed by atoms with van der Waals surface area (Å²) in [6, 6.07) is 19.9. The molecule has 0 saturated carbocycles. The van der Waals surface area contributed by atoms with Gasteiger partial charge in [-0.05, 0) is 37.0 Å². The number of likely N-dealkylation sites (tertiary alicyclic amines) is 1. The van der Waals surface area contributed by atoms with Crippen LogP contribution in [0.15, 0.2) is 60.7 Å². The number of nitrogens with one attached hydrogen (secondary N) is 1. The van der Waals surface area contributed by atoms with Gasteiger partial charge in [0.2, 0.25) is 5.91 Å². The molecule has 164 valence electrons. The van der Waals surface area contributed by atoms with E-state index < -0.39 is 0 Å². The Bertz CT molecular complexity index is 858. The van der Waals surface area contributed by atoms with E-state index in [1.165, 1.54) is 5.56 Å². The largest absolute Gasteiger partial charge is 0.341 e. The van der Waals surface area contributed by atoms with E-state index in [0.29, 0.717) is 13.1 Å². The molecule has 2 heterocycles. The molecule has 2 aliphatic heterocycles. The number of piperidine rings is 1. The summed E-state index contributed by atoms with van der Waals surface area (Å²) in [7, 11) is 0.